The highest BCUT2D eigenvalue weighted by atomic mass is 16.2. The number of para-hydroxylation sites is 1. The molecule has 0 saturated carbocycles. The molecule has 2 atom stereocenters. The molecule has 3 heterocycles. The van der Waals surface area contributed by atoms with Gasteiger partial charge in [0.1, 0.15) is 0 Å². The molecule has 0 spiro atoms. The Balaban J connectivity index is 1.11. The Hall–Kier alpha value is -3.94. The van der Waals surface area contributed by atoms with Crippen LogP contribution in [0.15, 0.2) is 84.9 Å². The molecule has 41 heavy (non-hydrogen) atoms. The molecule has 2 aliphatic rings. The van der Waals surface area contributed by atoms with E-state index in [1.165, 1.54) is 5.56 Å². The summed E-state index contributed by atoms with van der Waals surface area (Å²) < 4.78 is 2.12. The van der Waals surface area contributed by atoms with Gasteiger partial charge in [-0.05, 0) is 47.7 Å². The maximum Gasteiger partial charge on any atom is 0.254 e. The number of piperazine rings is 1. The molecule has 212 valence electrons. The van der Waals surface area contributed by atoms with Gasteiger partial charge in [0, 0.05) is 70.1 Å². The number of carbonyl (C=O) groups is 2. The highest BCUT2D eigenvalue weighted by Gasteiger charge is 2.43. The first-order valence-corrected chi connectivity index (χ1v) is 14.7. The van der Waals surface area contributed by atoms with Gasteiger partial charge in [0.15, 0.2) is 0 Å². The molecule has 7 heteroatoms. The van der Waals surface area contributed by atoms with E-state index >= 15 is 0 Å². The standard InChI is InChI=1S/C34H39N5O2/c1-36-29-16-9-6-13-26(29)23-30(36)32-31(27-14-7-8-15-28(27)34(41)37(32)2)33(40)35-17-10-18-38-19-21-39(22-20-38)24-25-11-4-3-5-12-25/h3-9,11-16,23,31-32H,10,17-22,24H2,1-2H3,(H,35,40)/t31-,32-/m0/s1. The van der Waals surface area contributed by atoms with E-state index in [2.05, 4.69) is 68.2 Å². The highest BCUT2D eigenvalue weighted by Crippen LogP contribution is 2.43. The SMILES string of the molecule is CN1C(=O)c2ccccc2[C@H](C(=O)NCCCN2CCN(Cc3ccccc3)CC2)[C@@H]1c1cc2ccccc2n1C. The lowest BCUT2D eigenvalue weighted by Crippen LogP contribution is -2.47. The number of aromatic nitrogens is 1. The van der Waals surface area contributed by atoms with Crippen LogP contribution < -0.4 is 5.32 Å². The van der Waals surface area contributed by atoms with E-state index in [-0.39, 0.29) is 11.8 Å². The predicted octanol–water partition coefficient (Wildman–Crippen LogP) is 4.41. The number of nitrogens with zero attached hydrogens (tertiary/aromatic N) is 4. The molecule has 0 aliphatic carbocycles. The summed E-state index contributed by atoms with van der Waals surface area (Å²) in [5, 5.41) is 4.34. The lowest BCUT2D eigenvalue weighted by molar-refractivity contribution is -0.124. The van der Waals surface area contributed by atoms with E-state index in [9.17, 15) is 9.59 Å². The number of fused-ring (bicyclic) bond motifs is 2. The van der Waals surface area contributed by atoms with Crippen molar-refractivity contribution in [3.63, 3.8) is 0 Å². The first-order chi connectivity index (χ1) is 20.0. The average Bonchev–Trinajstić information content (AvgIpc) is 3.34. The van der Waals surface area contributed by atoms with E-state index in [4.69, 9.17) is 0 Å². The van der Waals surface area contributed by atoms with E-state index in [1.807, 2.05) is 50.5 Å². The van der Waals surface area contributed by atoms with Crippen LogP contribution in [0.3, 0.4) is 0 Å². The Labute approximate surface area is 242 Å². The molecule has 1 saturated heterocycles. The Kier molecular flexibility index (Phi) is 7.90. The Bertz CT molecular complexity index is 1520. The van der Waals surface area contributed by atoms with Crippen molar-refractivity contribution >= 4 is 22.7 Å². The van der Waals surface area contributed by atoms with Crippen molar-refractivity contribution in [2.75, 3.05) is 46.3 Å². The molecule has 1 aromatic heterocycles. The zero-order chi connectivity index (χ0) is 28.3. The largest absolute Gasteiger partial charge is 0.355 e. The predicted molar refractivity (Wildman–Crippen MR) is 163 cm³/mol. The second-order valence-corrected chi connectivity index (χ2v) is 11.4. The third-order valence-electron chi connectivity index (χ3n) is 8.82. The summed E-state index contributed by atoms with van der Waals surface area (Å²) in [7, 11) is 3.84. The number of hydrogen-bond donors (Lipinski definition) is 1. The number of nitrogens with one attached hydrogen (secondary N) is 1. The van der Waals surface area contributed by atoms with Crippen molar-refractivity contribution in [1.82, 2.24) is 24.6 Å². The molecule has 0 bridgehead atoms. The molecule has 1 fully saturated rings. The quantitative estimate of drug-likeness (QED) is 0.331. The van der Waals surface area contributed by atoms with Crippen LogP contribution in [0.4, 0.5) is 0 Å². The molecular formula is C34H39N5O2. The van der Waals surface area contributed by atoms with Crippen LogP contribution in [0.2, 0.25) is 0 Å². The fourth-order valence-electron chi connectivity index (χ4n) is 6.56. The molecule has 2 aliphatic heterocycles. The van der Waals surface area contributed by atoms with Crippen LogP contribution in [0.5, 0.6) is 0 Å². The number of carbonyl (C=O) groups excluding carboxylic acids is 2. The number of hydrogen-bond acceptors (Lipinski definition) is 4. The maximum absolute atomic E-state index is 13.9. The zero-order valence-electron chi connectivity index (χ0n) is 24.0. The van der Waals surface area contributed by atoms with Crippen LogP contribution >= 0.6 is 0 Å². The fourth-order valence-corrected chi connectivity index (χ4v) is 6.56. The van der Waals surface area contributed by atoms with Gasteiger partial charge >= 0.3 is 0 Å². The molecule has 3 aromatic carbocycles. The molecule has 0 unspecified atom stereocenters. The van der Waals surface area contributed by atoms with Crippen molar-refractivity contribution in [3.05, 3.63) is 107 Å². The van der Waals surface area contributed by atoms with Crippen LogP contribution in [-0.4, -0.2) is 77.4 Å². The van der Waals surface area contributed by atoms with Crippen molar-refractivity contribution < 1.29 is 9.59 Å². The summed E-state index contributed by atoms with van der Waals surface area (Å²) >= 11 is 0. The fraction of sp³-hybridized carbons (Fsp3) is 0.353. The normalized spacial score (nSPS) is 19.9. The van der Waals surface area contributed by atoms with Gasteiger partial charge in [-0.1, -0.05) is 66.7 Å². The molecule has 2 amide bonds. The Morgan fingerprint density at radius 1 is 0.854 bits per heavy atom. The topological polar surface area (TPSA) is 60.8 Å². The summed E-state index contributed by atoms with van der Waals surface area (Å²) in [6.45, 7) is 6.80. The second-order valence-electron chi connectivity index (χ2n) is 11.4. The minimum absolute atomic E-state index is 0.0280. The van der Waals surface area contributed by atoms with Gasteiger partial charge in [-0.3, -0.25) is 14.5 Å². The van der Waals surface area contributed by atoms with E-state index in [0.717, 1.165) is 67.8 Å². The number of rotatable bonds is 8. The number of benzene rings is 3. The highest BCUT2D eigenvalue weighted by molar-refractivity contribution is 6.01. The lowest BCUT2D eigenvalue weighted by atomic mass is 9.81. The van der Waals surface area contributed by atoms with Crippen molar-refractivity contribution in [3.8, 4) is 0 Å². The van der Waals surface area contributed by atoms with Gasteiger partial charge in [0.25, 0.3) is 5.91 Å². The minimum Gasteiger partial charge on any atom is -0.355 e. The average molecular weight is 550 g/mol. The van der Waals surface area contributed by atoms with Gasteiger partial charge in [0.05, 0.1) is 12.0 Å². The maximum atomic E-state index is 13.9. The van der Waals surface area contributed by atoms with Gasteiger partial charge in [0.2, 0.25) is 5.91 Å². The monoisotopic (exact) mass is 549 g/mol. The summed E-state index contributed by atoms with van der Waals surface area (Å²) in [4.78, 5) is 34.1. The van der Waals surface area contributed by atoms with Crippen molar-refractivity contribution in [2.24, 2.45) is 7.05 Å². The number of likely N-dealkylation sites (N-methyl/N-ethyl adjacent to an activating group) is 1. The van der Waals surface area contributed by atoms with Gasteiger partial charge in [-0.25, -0.2) is 0 Å². The molecule has 0 radical (unpaired) electrons. The molecule has 4 aromatic rings. The van der Waals surface area contributed by atoms with Crippen LogP contribution in [-0.2, 0) is 18.4 Å². The first-order valence-electron chi connectivity index (χ1n) is 14.7. The third kappa shape index (κ3) is 5.52. The van der Waals surface area contributed by atoms with Crippen LogP contribution in [0, 0.1) is 0 Å². The first kappa shape index (κ1) is 27.2. The molecular weight excluding hydrogens is 510 g/mol. The smallest absolute Gasteiger partial charge is 0.254 e. The van der Waals surface area contributed by atoms with E-state index < -0.39 is 12.0 Å². The van der Waals surface area contributed by atoms with E-state index in [1.54, 1.807) is 4.90 Å². The van der Waals surface area contributed by atoms with Gasteiger partial charge in [-0.15, -0.1) is 0 Å². The molecule has 7 nitrogen and oxygen atoms in total. The lowest BCUT2D eigenvalue weighted by Gasteiger charge is -2.39. The summed E-state index contributed by atoms with van der Waals surface area (Å²) in [6.07, 6.45) is 0.895. The molecule has 1 N–H and O–H groups in total. The summed E-state index contributed by atoms with van der Waals surface area (Å²) in [6, 6.07) is 28.1. The molecule has 6 rings (SSSR count). The Morgan fingerprint density at radius 2 is 1.54 bits per heavy atom. The number of aryl methyl sites for hydroxylation is 1. The van der Waals surface area contributed by atoms with Crippen molar-refractivity contribution in [1.29, 1.82) is 0 Å². The van der Waals surface area contributed by atoms with E-state index in [0.29, 0.717) is 12.1 Å². The zero-order valence-corrected chi connectivity index (χ0v) is 24.0. The van der Waals surface area contributed by atoms with Gasteiger partial charge < -0.3 is 19.7 Å². The van der Waals surface area contributed by atoms with Crippen LogP contribution in [0.1, 0.15) is 45.6 Å². The summed E-state index contributed by atoms with van der Waals surface area (Å²) in [5.41, 5.74) is 4.83. The van der Waals surface area contributed by atoms with Crippen LogP contribution in [0.25, 0.3) is 10.9 Å². The minimum atomic E-state index is -0.488. The Morgan fingerprint density at radius 3 is 2.32 bits per heavy atom. The number of amides is 2. The van der Waals surface area contributed by atoms with Gasteiger partial charge in [-0.2, -0.15) is 0 Å². The summed E-state index contributed by atoms with van der Waals surface area (Å²) in [5.74, 6) is -0.565. The third-order valence-corrected chi connectivity index (χ3v) is 8.82. The van der Waals surface area contributed by atoms with Crippen molar-refractivity contribution in [2.45, 2.75) is 24.9 Å². The second kappa shape index (κ2) is 11.9.